The maximum Gasteiger partial charge on any atom is 0.257 e. The van der Waals surface area contributed by atoms with Gasteiger partial charge in [0.05, 0.1) is 16.7 Å². The summed E-state index contributed by atoms with van der Waals surface area (Å²) >= 11 is 11.7. The summed E-state index contributed by atoms with van der Waals surface area (Å²) in [5.41, 5.74) is 0. The third kappa shape index (κ3) is 5.31. The van der Waals surface area contributed by atoms with Crippen LogP contribution in [0.2, 0.25) is 10.0 Å². The van der Waals surface area contributed by atoms with Crippen molar-refractivity contribution in [2.45, 2.75) is 9.79 Å². The zero-order valence-corrected chi connectivity index (χ0v) is 16.9. The third-order valence-electron chi connectivity index (χ3n) is 3.15. The lowest BCUT2D eigenvalue weighted by molar-refractivity contribution is 0.144. The summed E-state index contributed by atoms with van der Waals surface area (Å²) in [6.45, 7) is 0.103. The highest BCUT2D eigenvalue weighted by atomic mass is 35.5. The Balaban J connectivity index is 2.46. The molecule has 12 heteroatoms. The summed E-state index contributed by atoms with van der Waals surface area (Å²) in [6.07, 6.45) is 0. The first kappa shape index (κ1) is 21.9. The Kier molecular flexibility index (Phi) is 7.06. The molecule has 0 aromatic heterocycles. The van der Waals surface area contributed by atoms with Crippen molar-refractivity contribution < 1.29 is 30.7 Å². The Hall–Kier alpha value is -1.43. The number of rotatable bonds is 8. The van der Waals surface area contributed by atoms with Gasteiger partial charge in [-0.15, -0.1) is 4.13 Å². The Morgan fingerprint density at radius 1 is 1.00 bits per heavy atom. The van der Waals surface area contributed by atoms with Crippen LogP contribution in [-0.4, -0.2) is 37.2 Å². The van der Waals surface area contributed by atoms with Crippen LogP contribution in [0, 0.1) is 5.82 Å². The molecule has 0 heterocycles. The van der Waals surface area contributed by atoms with Crippen LogP contribution < -0.4 is 8.86 Å². The molecule has 0 aliphatic rings. The Labute approximate surface area is 166 Å². The van der Waals surface area contributed by atoms with Gasteiger partial charge in [-0.25, -0.2) is 21.2 Å². The van der Waals surface area contributed by atoms with Crippen molar-refractivity contribution in [3.05, 3.63) is 52.3 Å². The molecule has 2 aromatic carbocycles. The van der Waals surface area contributed by atoms with E-state index in [0.29, 0.717) is 6.07 Å². The standard InChI is InChI=1S/C15H14Cl2FNO6S2/c1-24-7-8-25-13-6-5-10(18)9-14(13)26(20,21)19-27(22,23)15-11(16)3-2-4-12(15)17/h2-6,9,19H,7-8H2,1H3. The number of nitrogens with one attached hydrogen (secondary N) is 1. The van der Waals surface area contributed by atoms with Crippen LogP contribution in [0.4, 0.5) is 4.39 Å². The number of sulfonamides is 2. The van der Waals surface area contributed by atoms with Crippen molar-refractivity contribution in [2.24, 2.45) is 0 Å². The van der Waals surface area contributed by atoms with E-state index in [1.54, 1.807) is 0 Å². The zero-order chi connectivity index (χ0) is 20.2. The summed E-state index contributed by atoms with van der Waals surface area (Å²) in [5, 5.41) is -0.554. The van der Waals surface area contributed by atoms with Gasteiger partial charge >= 0.3 is 0 Å². The predicted molar refractivity (Wildman–Crippen MR) is 97.7 cm³/mol. The lowest BCUT2D eigenvalue weighted by Gasteiger charge is -2.14. The van der Waals surface area contributed by atoms with Gasteiger partial charge in [-0.2, -0.15) is 0 Å². The smallest absolute Gasteiger partial charge is 0.257 e. The van der Waals surface area contributed by atoms with Crippen LogP contribution in [-0.2, 0) is 24.8 Å². The van der Waals surface area contributed by atoms with E-state index < -0.39 is 35.7 Å². The minimum Gasteiger partial charge on any atom is -0.490 e. The highest BCUT2D eigenvalue weighted by Crippen LogP contribution is 2.31. The summed E-state index contributed by atoms with van der Waals surface area (Å²) in [6, 6.07) is 6.53. The summed E-state index contributed by atoms with van der Waals surface area (Å²) in [7, 11) is -8.03. The van der Waals surface area contributed by atoms with E-state index >= 15 is 0 Å². The van der Waals surface area contributed by atoms with Crippen molar-refractivity contribution in [1.29, 1.82) is 0 Å². The monoisotopic (exact) mass is 457 g/mol. The number of methoxy groups -OCH3 is 1. The van der Waals surface area contributed by atoms with Crippen LogP contribution >= 0.6 is 23.2 Å². The Bertz CT molecular complexity index is 1020. The molecule has 0 atom stereocenters. The molecule has 27 heavy (non-hydrogen) atoms. The van der Waals surface area contributed by atoms with Crippen molar-refractivity contribution in [3.63, 3.8) is 0 Å². The Morgan fingerprint density at radius 2 is 1.63 bits per heavy atom. The first-order chi connectivity index (χ1) is 12.6. The molecule has 0 saturated carbocycles. The lowest BCUT2D eigenvalue weighted by Crippen LogP contribution is -2.31. The van der Waals surface area contributed by atoms with Crippen molar-refractivity contribution in [3.8, 4) is 5.75 Å². The largest absolute Gasteiger partial charge is 0.490 e. The quantitative estimate of drug-likeness (QED) is 0.611. The molecule has 0 spiro atoms. The van der Waals surface area contributed by atoms with E-state index in [2.05, 4.69) is 0 Å². The van der Waals surface area contributed by atoms with Gasteiger partial charge in [0.25, 0.3) is 20.0 Å². The van der Waals surface area contributed by atoms with Gasteiger partial charge in [0.1, 0.15) is 28.0 Å². The SMILES string of the molecule is COCCOc1ccc(F)cc1S(=O)(=O)NS(=O)(=O)c1c(Cl)cccc1Cl. The normalized spacial score (nSPS) is 12.1. The molecular formula is C15H14Cl2FNO6S2. The molecule has 0 unspecified atom stereocenters. The Morgan fingerprint density at radius 3 is 2.22 bits per heavy atom. The number of halogens is 3. The zero-order valence-electron chi connectivity index (χ0n) is 13.8. The van der Waals surface area contributed by atoms with Gasteiger partial charge < -0.3 is 9.47 Å². The second kappa shape index (κ2) is 8.72. The molecule has 0 aliphatic carbocycles. The first-order valence-corrected chi connectivity index (χ1v) is 10.9. The van der Waals surface area contributed by atoms with Crippen molar-refractivity contribution in [1.82, 2.24) is 4.13 Å². The maximum absolute atomic E-state index is 13.6. The van der Waals surface area contributed by atoms with Crippen molar-refractivity contribution >= 4 is 43.2 Å². The van der Waals surface area contributed by atoms with Gasteiger partial charge in [0.2, 0.25) is 0 Å². The topological polar surface area (TPSA) is 98.8 Å². The molecule has 7 nitrogen and oxygen atoms in total. The van der Waals surface area contributed by atoms with E-state index in [4.69, 9.17) is 32.7 Å². The van der Waals surface area contributed by atoms with Crippen molar-refractivity contribution in [2.75, 3.05) is 20.3 Å². The molecule has 2 rings (SSSR count). The molecule has 0 amide bonds. The fraction of sp³-hybridized carbons (Fsp3) is 0.200. The molecule has 148 valence electrons. The van der Waals surface area contributed by atoms with Gasteiger partial charge in [-0.3, -0.25) is 0 Å². The summed E-state index contributed by atoms with van der Waals surface area (Å²) in [4.78, 5) is -1.32. The van der Waals surface area contributed by atoms with E-state index in [-0.39, 0.29) is 29.0 Å². The first-order valence-electron chi connectivity index (χ1n) is 7.22. The highest BCUT2D eigenvalue weighted by Gasteiger charge is 2.30. The molecule has 0 radical (unpaired) electrons. The average Bonchev–Trinajstić information content (AvgIpc) is 2.55. The lowest BCUT2D eigenvalue weighted by atomic mass is 10.3. The fourth-order valence-corrected chi connectivity index (χ4v) is 6.18. The van der Waals surface area contributed by atoms with Crippen LogP contribution in [0.15, 0.2) is 46.2 Å². The van der Waals surface area contributed by atoms with E-state index in [9.17, 15) is 21.2 Å². The van der Waals surface area contributed by atoms with E-state index in [1.165, 1.54) is 29.4 Å². The van der Waals surface area contributed by atoms with Gasteiger partial charge in [0, 0.05) is 7.11 Å². The average molecular weight is 458 g/mol. The molecule has 1 N–H and O–H groups in total. The predicted octanol–water partition coefficient (Wildman–Crippen LogP) is 2.82. The molecular weight excluding hydrogens is 444 g/mol. The molecule has 0 saturated heterocycles. The molecule has 0 fully saturated rings. The van der Waals surface area contributed by atoms with Crippen LogP contribution in [0.3, 0.4) is 0 Å². The van der Waals surface area contributed by atoms with Gasteiger partial charge in [-0.05, 0) is 30.3 Å². The molecule has 0 aliphatic heterocycles. The molecule has 2 aromatic rings. The number of hydrogen-bond donors (Lipinski definition) is 1. The second-order valence-corrected chi connectivity index (χ2v) is 9.42. The van der Waals surface area contributed by atoms with Crippen LogP contribution in [0.1, 0.15) is 0 Å². The second-order valence-electron chi connectivity index (χ2n) is 5.07. The van der Waals surface area contributed by atoms with Gasteiger partial charge in [0.15, 0.2) is 0 Å². The van der Waals surface area contributed by atoms with E-state index in [0.717, 1.165) is 12.1 Å². The maximum atomic E-state index is 13.6. The van der Waals surface area contributed by atoms with Crippen LogP contribution in [0.5, 0.6) is 5.75 Å². The number of hydrogen-bond acceptors (Lipinski definition) is 6. The minimum atomic E-state index is -4.75. The van der Waals surface area contributed by atoms with Gasteiger partial charge in [-0.1, -0.05) is 29.3 Å². The fourth-order valence-electron chi connectivity index (χ4n) is 2.02. The summed E-state index contributed by atoms with van der Waals surface area (Å²) in [5.74, 6) is -1.15. The van der Waals surface area contributed by atoms with Crippen LogP contribution in [0.25, 0.3) is 0 Å². The number of benzene rings is 2. The number of ether oxygens (including phenoxy) is 2. The minimum absolute atomic E-state index is 0.0340. The summed E-state index contributed by atoms with van der Waals surface area (Å²) < 4.78 is 75.3. The molecule has 0 bridgehead atoms. The highest BCUT2D eigenvalue weighted by molar-refractivity contribution is 8.04. The third-order valence-corrected chi connectivity index (χ3v) is 7.63. The van der Waals surface area contributed by atoms with E-state index in [1.807, 2.05) is 0 Å².